The predicted octanol–water partition coefficient (Wildman–Crippen LogP) is 2.10. The maximum atomic E-state index is 12.8. The number of hydrogen-bond donors (Lipinski definition) is 3. The molecule has 4 aromatic rings. The maximum Gasteiger partial charge on any atom is 0.293 e. The average Bonchev–Trinajstić information content (AvgIpc) is 3.17. The van der Waals surface area contributed by atoms with Crippen LogP contribution in [0.25, 0.3) is 10.9 Å². The Morgan fingerprint density at radius 2 is 2.03 bits per heavy atom. The van der Waals surface area contributed by atoms with E-state index in [1.54, 1.807) is 19.3 Å². The van der Waals surface area contributed by atoms with Crippen LogP contribution >= 0.6 is 0 Å². The Kier molecular flexibility index (Phi) is 6.25. The van der Waals surface area contributed by atoms with Gasteiger partial charge in [-0.2, -0.15) is 5.10 Å². The van der Waals surface area contributed by atoms with Crippen molar-refractivity contribution in [3.63, 3.8) is 0 Å². The van der Waals surface area contributed by atoms with Crippen molar-refractivity contribution in [3.8, 4) is 0 Å². The Labute approximate surface area is 184 Å². The summed E-state index contributed by atoms with van der Waals surface area (Å²) in [6, 6.07) is 11.6. The number of hydrogen-bond acceptors (Lipinski definition) is 6. The number of benzene rings is 1. The van der Waals surface area contributed by atoms with Crippen LogP contribution in [0.15, 0.2) is 53.6 Å². The minimum Gasteiger partial charge on any atom is -0.365 e. The zero-order valence-corrected chi connectivity index (χ0v) is 18.1. The molecule has 1 amide bonds. The van der Waals surface area contributed by atoms with Gasteiger partial charge in [0, 0.05) is 54.4 Å². The third kappa shape index (κ3) is 4.83. The van der Waals surface area contributed by atoms with Gasteiger partial charge in [0.25, 0.3) is 5.56 Å². The Balaban J connectivity index is 1.37. The molecule has 9 heteroatoms. The second kappa shape index (κ2) is 9.42. The number of aryl methyl sites for hydroxylation is 2. The fourth-order valence-corrected chi connectivity index (χ4v) is 3.44. The monoisotopic (exact) mass is 431 g/mol. The van der Waals surface area contributed by atoms with E-state index in [-0.39, 0.29) is 23.8 Å². The fraction of sp³-hybridized carbons (Fsp3) is 0.261. The Morgan fingerprint density at radius 1 is 1.16 bits per heavy atom. The van der Waals surface area contributed by atoms with Gasteiger partial charge in [-0.1, -0.05) is 12.1 Å². The van der Waals surface area contributed by atoms with Crippen LogP contribution in [-0.2, 0) is 24.3 Å². The van der Waals surface area contributed by atoms with E-state index in [9.17, 15) is 9.59 Å². The normalized spacial score (nSPS) is 10.9. The van der Waals surface area contributed by atoms with Crippen LogP contribution in [0.1, 0.15) is 22.6 Å². The maximum absolute atomic E-state index is 12.8. The minimum absolute atomic E-state index is 0.0743. The Hall–Kier alpha value is -4.01. The third-order valence-corrected chi connectivity index (χ3v) is 5.25. The molecule has 0 fully saturated rings. The van der Waals surface area contributed by atoms with Crippen LogP contribution in [0.2, 0.25) is 0 Å². The first-order valence-corrected chi connectivity index (χ1v) is 10.4. The summed E-state index contributed by atoms with van der Waals surface area (Å²) < 4.78 is 1.43. The van der Waals surface area contributed by atoms with E-state index in [0.29, 0.717) is 25.2 Å². The predicted molar refractivity (Wildman–Crippen MR) is 122 cm³/mol. The lowest BCUT2D eigenvalue weighted by molar-refractivity contribution is -0.121. The molecule has 0 radical (unpaired) electrons. The number of nitrogens with one attached hydrogen (secondary N) is 3. The lowest BCUT2D eigenvalue weighted by Gasteiger charge is -2.12. The molecule has 0 bridgehead atoms. The van der Waals surface area contributed by atoms with Gasteiger partial charge in [-0.25, -0.2) is 4.98 Å². The van der Waals surface area contributed by atoms with Crippen LogP contribution in [0, 0.1) is 13.8 Å². The Morgan fingerprint density at radius 3 is 2.84 bits per heavy atom. The fourth-order valence-electron chi connectivity index (χ4n) is 3.44. The van der Waals surface area contributed by atoms with Crippen molar-refractivity contribution in [1.82, 2.24) is 30.0 Å². The van der Waals surface area contributed by atoms with Crippen LogP contribution in [0.4, 0.5) is 5.82 Å². The van der Waals surface area contributed by atoms with Gasteiger partial charge in [0.05, 0.1) is 5.52 Å². The zero-order valence-electron chi connectivity index (χ0n) is 18.1. The molecule has 3 heterocycles. The van der Waals surface area contributed by atoms with Gasteiger partial charge < -0.3 is 10.6 Å². The highest BCUT2D eigenvalue weighted by Crippen LogP contribution is 2.16. The van der Waals surface area contributed by atoms with Gasteiger partial charge >= 0.3 is 0 Å². The lowest BCUT2D eigenvalue weighted by Crippen LogP contribution is -2.34. The highest BCUT2D eigenvalue weighted by Gasteiger charge is 2.12. The molecule has 0 saturated carbocycles. The van der Waals surface area contributed by atoms with Crippen molar-refractivity contribution < 1.29 is 4.79 Å². The smallest absolute Gasteiger partial charge is 0.293 e. The summed E-state index contributed by atoms with van der Waals surface area (Å²) in [5.74, 6) is -0.0231. The van der Waals surface area contributed by atoms with E-state index < -0.39 is 0 Å². The second-order valence-electron chi connectivity index (χ2n) is 7.61. The molecule has 3 N–H and O–H groups in total. The average molecular weight is 432 g/mol. The quantitative estimate of drug-likeness (QED) is 0.393. The SMILES string of the molecule is Cc1[nH]nc2ccc(CNC(=O)Cn3c(C)cnc(NCCc4ccccn4)c3=O)cc12. The van der Waals surface area contributed by atoms with E-state index in [0.717, 1.165) is 27.9 Å². The van der Waals surface area contributed by atoms with E-state index in [1.165, 1.54) is 4.57 Å². The molecule has 0 aliphatic carbocycles. The number of rotatable bonds is 8. The van der Waals surface area contributed by atoms with Gasteiger partial charge in [0.15, 0.2) is 5.82 Å². The van der Waals surface area contributed by atoms with Gasteiger partial charge in [-0.05, 0) is 43.7 Å². The number of amides is 1. The lowest BCUT2D eigenvalue weighted by atomic mass is 10.1. The largest absolute Gasteiger partial charge is 0.365 e. The molecule has 9 nitrogen and oxygen atoms in total. The summed E-state index contributed by atoms with van der Waals surface area (Å²) in [6.45, 7) is 4.53. The zero-order chi connectivity index (χ0) is 22.5. The Bertz CT molecular complexity index is 1290. The molecule has 0 atom stereocenters. The standard InChI is InChI=1S/C23H25N7O2/c1-15-12-27-22(25-10-8-18-5-3-4-9-24-18)23(32)30(15)14-21(31)26-13-17-6-7-20-19(11-17)16(2)28-29-20/h3-7,9,11-12H,8,10,13-14H2,1-2H3,(H,25,27)(H,26,31)(H,28,29). The number of aromatic nitrogens is 5. The van der Waals surface area contributed by atoms with E-state index in [2.05, 4.69) is 30.8 Å². The van der Waals surface area contributed by atoms with Crippen LogP contribution in [0.5, 0.6) is 0 Å². The number of nitrogens with zero attached hydrogens (tertiary/aromatic N) is 4. The summed E-state index contributed by atoms with van der Waals surface area (Å²) in [5.41, 5.74) is 4.06. The van der Waals surface area contributed by atoms with Crippen molar-refractivity contribution in [2.75, 3.05) is 11.9 Å². The number of H-pyrrole nitrogens is 1. The van der Waals surface area contributed by atoms with Crippen LogP contribution < -0.4 is 16.2 Å². The van der Waals surface area contributed by atoms with E-state index in [1.807, 2.05) is 43.3 Å². The first kappa shape index (κ1) is 21.2. The number of carbonyl (C=O) groups excluding carboxylic acids is 1. The van der Waals surface area contributed by atoms with Crippen molar-refractivity contribution in [2.24, 2.45) is 0 Å². The first-order valence-electron chi connectivity index (χ1n) is 10.4. The van der Waals surface area contributed by atoms with Gasteiger partial charge in [0.2, 0.25) is 5.91 Å². The van der Waals surface area contributed by atoms with Crippen molar-refractivity contribution >= 4 is 22.6 Å². The first-order chi connectivity index (χ1) is 15.5. The topological polar surface area (TPSA) is 118 Å². The number of fused-ring (bicyclic) bond motifs is 1. The number of aromatic amines is 1. The summed E-state index contributed by atoms with van der Waals surface area (Å²) in [6.07, 6.45) is 3.99. The molecular weight excluding hydrogens is 406 g/mol. The number of anilines is 1. The molecule has 0 unspecified atom stereocenters. The summed E-state index contributed by atoms with van der Waals surface area (Å²) >= 11 is 0. The molecule has 0 aliphatic rings. The minimum atomic E-state index is -0.323. The molecular formula is C23H25N7O2. The number of pyridine rings is 1. The van der Waals surface area contributed by atoms with Crippen LogP contribution in [0.3, 0.4) is 0 Å². The molecule has 4 rings (SSSR count). The molecule has 1 aromatic carbocycles. The van der Waals surface area contributed by atoms with E-state index in [4.69, 9.17) is 0 Å². The summed E-state index contributed by atoms with van der Waals surface area (Å²) in [4.78, 5) is 33.8. The molecule has 0 spiro atoms. The van der Waals surface area contributed by atoms with Gasteiger partial charge in [0.1, 0.15) is 6.54 Å². The molecule has 32 heavy (non-hydrogen) atoms. The van der Waals surface area contributed by atoms with E-state index >= 15 is 0 Å². The van der Waals surface area contributed by atoms with Crippen molar-refractivity contribution in [3.05, 3.63) is 81.8 Å². The summed E-state index contributed by atoms with van der Waals surface area (Å²) in [5, 5.41) is 14.1. The molecule has 0 aliphatic heterocycles. The highest BCUT2D eigenvalue weighted by molar-refractivity contribution is 5.82. The molecule has 0 saturated heterocycles. The van der Waals surface area contributed by atoms with Crippen molar-refractivity contribution in [2.45, 2.75) is 33.4 Å². The molecule has 164 valence electrons. The van der Waals surface area contributed by atoms with Gasteiger partial charge in [-0.15, -0.1) is 0 Å². The molecule has 3 aromatic heterocycles. The number of carbonyl (C=O) groups is 1. The van der Waals surface area contributed by atoms with Crippen LogP contribution in [-0.4, -0.2) is 37.2 Å². The summed E-state index contributed by atoms with van der Waals surface area (Å²) in [7, 11) is 0. The third-order valence-electron chi connectivity index (χ3n) is 5.25. The van der Waals surface area contributed by atoms with Crippen molar-refractivity contribution in [1.29, 1.82) is 0 Å². The second-order valence-corrected chi connectivity index (χ2v) is 7.61. The van der Waals surface area contributed by atoms with Gasteiger partial charge in [-0.3, -0.25) is 24.2 Å². The highest BCUT2D eigenvalue weighted by atomic mass is 16.2.